The molecule has 33 heavy (non-hydrogen) atoms. The minimum Gasteiger partial charge on any atom is -0.370 e. The number of carbonyl (C=O) groups is 1. The fraction of sp³-hybridized carbons (Fsp3) is 0.480. The number of rotatable bonds is 5. The fourth-order valence-corrected chi connectivity index (χ4v) is 4.92. The second-order valence-electron chi connectivity index (χ2n) is 9.42. The third kappa shape index (κ3) is 5.41. The SMILES string of the molecule is CC1CCN(c2ccc(NC(=O)c3ccc(N4CCC(C)CC4)c([N+](=O)[O-])c3)cc2Cl)CC1. The number of piperidine rings is 2. The lowest BCUT2D eigenvalue weighted by atomic mass is 9.98. The van der Waals surface area contributed by atoms with Gasteiger partial charge in [-0.05, 0) is 67.9 Å². The summed E-state index contributed by atoms with van der Waals surface area (Å²) in [4.78, 5) is 28.5. The van der Waals surface area contributed by atoms with Gasteiger partial charge in [0.25, 0.3) is 11.6 Å². The van der Waals surface area contributed by atoms with Gasteiger partial charge in [0.05, 0.1) is 15.6 Å². The third-order valence-electron chi connectivity index (χ3n) is 6.89. The molecule has 2 heterocycles. The van der Waals surface area contributed by atoms with Crippen LogP contribution in [0, 0.1) is 22.0 Å². The van der Waals surface area contributed by atoms with Gasteiger partial charge in [-0.15, -0.1) is 0 Å². The van der Waals surface area contributed by atoms with Crippen LogP contribution in [-0.4, -0.2) is 37.0 Å². The number of halogens is 1. The molecule has 0 bridgehead atoms. The van der Waals surface area contributed by atoms with E-state index in [0.717, 1.165) is 63.5 Å². The minimum absolute atomic E-state index is 0.0371. The van der Waals surface area contributed by atoms with Gasteiger partial charge in [0.15, 0.2) is 0 Å². The zero-order valence-corrected chi connectivity index (χ0v) is 20.0. The quantitative estimate of drug-likeness (QED) is 0.430. The van der Waals surface area contributed by atoms with Gasteiger partial charge < -0.3 is 15.1 Å². The van der Waals surface area contributed by atoms with Crippen LogP contribution >= 0.6 is 11.6 Å². The minimum atomic E-state index is -0.407. The highest BCUT2D eigenvalue weighted by atomic mass is 35.5. The van der Waals surface area contributed by atoms with Gasteiger partial charge in [-0.1, -0.05) is 25.4 Å². The summed E-state index contributed by atoms with van der Waals surface area (Å²) in [6, 6.07) is 10.2. The second kappa shape index (κ2) is 10.00. The first-order valence-electron chi connectivity index (χ1n) is 11.7. The van der Waals surface area contributed by atoms with E-state index in [1.807, 2.05) is 17.0 Å². The van der Waals surface area contributed by atoms with Crippen LogP contribution in [0.15, 0.2) is 36.4 Å². The summed E-state index contributed by atoms with van der Waals surface area (Å²) in [5.41, 5.74) is 2.32. The molecule has 2 aromatic carbocycles. The van der Waals surface area contributed by atoms with E-state index in [1.165, 1.54) is 6.07 Å². The zero-order chi connectivity index (χ0) is 23.5. The van der Waals surface area contributed by atoms with Crippen molar-refractivity contribution in [2.24, 2.45) is 11.8 Å². The highest BCUT2D eigenvalue weighted by Crippen LogP contribution is 2.34. The molecule has 2 saturated heterocycles. The molecule has 0 aromatic heterocycles. The van der Waals surface area contributed by atoms with Crippen LogP contribution in [-0.2, 0) is 0 Å². The predicted octanol–water partition coefficient (Wildman–Crippen LogP) is 5.97. The van der Waals surface area contributed by atoms with Crippen molar-refractivity contribution in [2.45, 2.75) is 39.5 Å². The van der Waals surface area contributed by atoms with E-state index in [4.69, 9.17) is 11.6 Å². The van der Waals surface area contributed by atoms with Crippen LogP contribution < -0.4 is 15.1 Å². The number of nitrogens with zero attached hydrogens (tertiary/aromatic N) is 3. The topological polar surface area (TPSA) is 78.7 Å². The number of nitrogens with one attached hydrogen (secondary N) is 1. The standard InChI is InChI=1S/C25H31ClN4O3/c1-17-7-11-28(12-8-17)22-6-4-20(16-21(22)26)27-25(31)19-3-5-23(24(15-19)30(32)33)29-13-9-18(2)10-14-29/h3-6,15-18H,7-14H2,1-2H3,(H,27,31). The highest BCUT2D eigenvalue weighted by Gasteiger charge is 2.25. The average molecular weight is 471 g/mol. The number of hydrogen-bond donors (Lipinski definition) is 1. The van der Waals surface area contributed by atoms with Crippen LogP contribution in [0.4, 0.5) is 22.7 Å². The lowest BCUT2D eigenvalue weighted by Gasteiger charge is -2.32. The van der Waals surface area contributed by atoms with Crippen molar-refractivity contribution >= 4 is 40.3 Å². The monoisotopic (exact) mass is 470 g/mol. The van der Waals surface area contributed by atoms with E-state index in [-0.39, 0.29) is 11.3 Å². The number of amides is 1. The molecule has 0 spiro atoms. The first-order valence-corrected chi connectivity index (χ1v) is 12.1. The first-order chi connectivity index (χ1) is 15.8. The Bertz CT molecular complexity index is 1030. The molecule has 7 nitrogen and oxygen atoms in total. The molecule has 8 heteroatoms. The Morgan fingerprint density at radius 1 is 0.939 bits per heavy atom. The summed E-state index contributed by atoms with van der Waals surface area (Å²) < 4.78 is 0. The molecule has 1 amide bonds. The van der Waals surface area contributed by atoms with E-state index >= 15 is 0 Å². The molecule has 0 atom stereocenters. The Kier molecular flexibility index (Phi) is 7.08. The summed E-state index contributed by atoms with van der Waals surface area (Å²) in [5.74, 6) is 0.960. The van der Waals surface area contributed by atoms with Crippen LogP contribution in [0.1, 0.15) is 49.9 Å². The molecule has 0 unspecified atom stereocenters. The lowest BCUT2D eigenvalue weighted by molar-refractivity contribution is -0.384. The Labute approximate surface area is 199 Å². The van der Waals surface area contributed by atoms with Gasteiger partial charge in [0, 0.05) is 43.5 Å². The van der Waals surface area contributed by atoms with Crippen molar-refractivity contribution in [2.75, 3.05) is 41.3 Å². The molecule has 176 valence electrons. The van der Waals surface area contributed by atoms with Gasteiger partial charge in [-0.2, -0.15) is 0 Å². The molecule has 2 aromatic rings. The molecule has 2 aliphatic rings. The summed E-state index contributed by atoms with van der Waals surface area (Å²) in [7, 11) is 0. The van der Waals surface area contributed by atoms with Gasteiger partial charge in [0.2, 0.25) is 0 Å². The maximum atomic E-state index is 12.9. The Morgan fingerprint density at radius 3 is 2.03 bits per heavy atom. The normalized spacial score (nSPS) is 17.8. The number of benzene rings is 2. The molecule has 4 rings (SSSR count). The van der Waals surface area contributed by atoms with Gasteiger partial charge >= 0.3 is 0 Å². The van der Waals surface area contributed by atoms with E-state index < -0.39 is 10.8 Å². The highest BCUT2D eigenvalue weighted by molar-refractivity contribution is 6.33. The molecule has 0 saturated carbocycles. The molecular formula is C25H31ClN4O3. The number of anilines is 3. The summed E-state index contributed by atoms with van der Waals surface area (Å²) in [6.07, 6.45) is 4.29. The van der Waals surface area contributed by atoms with Crippen molar-refractivity contribution in [1.29, 1.82) is 0 Å². The number of carbonyl (C=O) groups excluding carboxylic acids is 1. The van der Waals surface area contributed by atoms with Crippen LogP contribution in [0.2, 0.25) is 5.02 Å². The van der Waals surface area contributed by atoms with E-state index in [0.29, 0.717) is 22.3 Å². The lowest BCUT2D eigenvalue weighted by Crippen LogP contribution is -2.33. The number of hydrogen-bond acceptors (Lipinski definition) is 5. The molecule has 1 N–H and O–H groups in total. The number of nitro benzene ring substituents is 1. The zero-order valence-electron chi connectivity index (χ0n) is 19.2. The summed E-state index contributed by atoms with van der Waals surface area (Å²) in [5, 5.41) is 15.2. The Balaban J connectivity index is 1.48. The van der Waals surface area contributed by atoms with Crippen molar-refractivity contribution in [3.63, 3.8) is 0 Å². The molecule has 0 aliphatic carbocycles. The Morgan fingerprint density at radius 2 is 1.48 bits per heavy atom. The molecule has 2 fully saturated rings. The Hall–Kier alpha value is -2.80. The smallest absolute Gasteiger partial charge is 0.293 e. The number of nitro groups is 1. The van der Waals surface area contributed by atoms with Crippen LogP contribution in [0.5, 0.6) is 0 Å². The van der Waals surface area contributed by atoms with Crippen molar-refractivity contribution in [3.8, 4) is 0 Å². The molecule has 2 aliphatic heterocycles. The van der Waals surface area contributed by atoms with E-state index in [9.17, 15) is 14.9 Å². The van der Waals surface area contributed by atoms with E-state index in [2.05, 4.69) is 24.1 Å². The van der Waals surface area contributed by atoms with Gasteiger partial charge in [-0.3, -0.25) is 14.9 Å². The summed E-state index contributed by atoms with van der Waals surface area (Å²) >= 11 is 6.52. The van der Waals surface area contributed by atoms with Crippen molar-refractivity contribution in [1.82, 2.24) is 0 Å². The van der Waals surface area contributed by atoms with Crippen LogP contribution in [0.25, 0.3) is 0 Å². The van der Waals surface area contributed by atoms with Gasteiger partial charge in [-0.25, -0.2) is 0 Å². The van der Waals surface area contributed by atoms with Crippen molar-refractivity contribution < 1.29 is 9.72 Å². The largest absolute Gasteiger partial charge is 0.370 e. The fourth-order valence-electron chi connectivity index (χ4n) is 4.62. The summed E-state index contributed by atoms with van der Waals surface area (Å²) in [6.45, 7) is 7.98. The molecule has 0 radical (unpaired) electrons. The first kappa shape index (κ1) is 23.4. The maximum Gasteiger partial charge on any atom is 0.293 e. The third-order valence-corrected chi connectivity index (χ3v) is 7.19. The van der Waals surface area contributed by atoms with Crippen molar-refractivity contribution in [3.05, 3.63) is 57.1 Å². The van der Waals surface area contributed by atoms with Gasteiger partial charge in [0.1, 0.15) is 5.69 Å². The van der Waals surface area contributed by atoms with Crippen LogP contribution in [0.3, 0.4) is 0 Å². The van der Waals surface area contributed by atoms with E-state index in [1.54, 1.807) is 18.2 Å². The second-order valence-corrected chi connectivity index (χ2v) is 9.83. The average Bonchev–Trinajstić information content (AvgIpc) is 2.80. The maximum absolute atomic E-state index is 12.9. The predicted molar refractivity (Wildman–Crippen MR) is 134 cm³/mol. The molecular weight excluding hydrogens is 440 g/mol.